The van der Waals surface area contributed by atoms with E-state index < -0.39 is 12.0 Å². The Balaban J connectivity index is 2.04. The van der Waals surface area contributed by atoms with Crippen LogP contribution in [0, 0.1) is 5.92 Å². The molecule has 1 atom stereocenters. The van der Waals surface area contributed by atoms with Crippen LogP contribution in [-0.4, -0.2) is 25.0 Å². The third-order valence-electron chi connectivity index (χ3n) is 3.08. The number of benzene rings is 1. The molecule has 2 rings (SSSR count). The van der Waals surface area contributed by atoms with Crippen LogP contribution >= 0.6 is 15.9 Å². The van der Waals surface area contributed by atoms with E-state index in [0.29, 0.717) is 6.42 Å². The largest absolute Gasteiger partial charge is 0.467 e. The van der Waals surface area contributed by atoms with Gasteiger partial charge in [0.05, 0.1) is 7.11 Å². The summed E-state index contributed by atoms with van der Waals surface area (Å²) in [5.41, 5.74) is 0.973. The summed E-state index contributed by atoms with van der Waals surface area (Å²) in [6, 6.07) is 7.05. The topological polar surface area (TPSA) is 55.4 Å². The first-order valence-electron chi connectivity index (χ1n) is 6.23. The molecular formula is C14H16BrNO3. The number of hydrogen-bond acceptors (Lipinski definition) is 3. The number of rotatable bonds is 5. The summed E-state index contributed by atoms with van der Waals surface area (Å²) in [4.78, 5) is 23.5. The van der Waals surface area contributed by atoms with Gasteiger partial charge in [-0.05, 0) is 30.5 Å². The number of halogens is 1. The van der Waals surface area contributed by atoms with E-state index in [1.807, 2.05) is 24.3 Å². The molecule has 0 aliphatic heterocycles. The van der Waals surface area contributed by atoms with Gasteiger partial charge in [0.1, 0.15) is 6.04 Å². The van der Waals surface area contributed by atoms with E-state index in [2.05, 4.69) is 21.2 Å². The lowest BCUT2D eigenvalue weighted by Gasteiger charge is -2.16. The second-order valence-corrected chi connectivity index (χ2v) is 5.61. The average Bonchev–Trinajstić information content (AvgIpc) is 3.21. The lowest BCUT2D eigenvalue weighted by molar-refractivity contribution is -0.145. The second kappa shape index (κ2) is 6.19. The van der Waals surface area contributed by atoms with Crippen LogP contribution in [0.5, 0.6) is 0 Å². The maximum Gasteiger partial charge on any atom is 0.328 e. The predicted octanol–water partition coefficient (Wildman–Crippen LogP) is 2.06. The van der Waals surface area contributed by atoms with Crippen molar-refractivity contribution in [2.24, 2.45) is 5.92 Å². The van der Waals surface area contributed by atoms with Gasteiger partial charge >= 0.3 is 5.97 Å². The van der Waals surface area contributed by atoms with Gasteiger partial charge in [0.2, 0.25) is 5.91 Å². The molecule has 0 bridgehead atoms. The van der Waals surface area contributed by atoms with E-state index in [9.17, 15) is 9.59 Å². The maximum absolute atomic E-state index is 11.8. The molecule has 1 aromatic rings. The number of amides is 1. The molecule has 1 saturated carbocycles. The van der Waals surface area contributed by atoms with E-state index in [-0.39, 0.29) is 11.8 Å². The minimum absolute atomic E-state index is 0.0506. The van der Waals surface area contributed by atoms with Gasteiger partial charge in [0, 0.05) is 16.8 Å². The maximum atomic E-state index is 11.8. The van der Waals surface area contributed by atoms with Gasteiger partial charge in [0.25, 0.3) is 0 Å². The van der Waals surface area contributed by atoms with Crippen molar-refractivity contribution in [1.29, 1.82) is 0 Å². The SMILES string of the molecule is COC(=O)[C@H](Cc1cccc(Br)c1)NC(=O)C1CC1. The molecule has 1 amide bonds. The number of ether oxygens (including phenoxy) is 1. The van der Waals surface area contributed by atoms with Gasteiger partial charge in [-0.25, -0.2) is 4.79 Å². The van der Waals surface area contributed by atoms with Crippen LogP contribution in [-0.2, 0) is 20.7 Å². The van der Waals surface area contributed by atoms with Crippen molar-refractivity contribution in [3.63, 3.8) is 0 Å². The van der Waals surface area contributed by atoms with Gasteiger partial charge in [-0.15, -0.1) is 0 Å². The van der Waals surface area contributed by atoms with Crippen LogP contribution < -0.4 is 5.32 Å². The molecule has 0 spiro atoms. The van der Waals surface area contributed by atoms with E-state index >= 15 is 0 Å². The van der Waals surface area contributed by atoms with Crippen molar-refractivity contribution >= 4 is 27.8 Å². The summed E-state index contributed by atoms with van der Waals surface area (Å²) in [6.07, 6.45) is 2.26. The molecule has 1 aliphatic carbocycles. The van der Waals surface area contributed by atoms with Crippen molar-refractivity contribution in [2.75, 3.05) is 7.11 Å². The van der Waals surface area contributed by atoms with Crippen molar-refractivity contribution < 1.29 is 14.3 Å². The summed E-state index contributed by atoms with van der Waals surface area (Å²) in [7, 11) is 1.33. The predicted molar refractivity (Wildman–Crippen MR) is 74.5 cm³/mol. The number of carbonyl (C=O) groups excluding carboxylic acids is 2. The zero-order chi connectivity index (χ0) is 13.8. The van der Waals surface area contributed by atoms with Gasteiger partial charge in [-0.3, -0.25) is 4.79 Å². The minimum atomic E-state index is -0.618. The second-order valence-electron chi connectivity index (χ2n) is 4.69. The number of methoxy groups -OCH3 is 1. The molecule has 0 radical (unpaired) electrons. The zero-order valence-electron chi connectivity index (χ0n) is 10.7. The Hall–Kier alpha value is -1.36. The molecule has 5 heteroatoms. The Morgan fingerprint density at radius 3 is 2.79 bits per heavy atom. The molecule has 1 aliphatic rings. The molecule has 102 valence electrons. The van der Waals surface area contributed by atoms with Crippen LogP contribution in [0.1, 0.15) is 18.4 Å². The van der Waals surface area contributed by atoms with E-state index in [4.69, 9.17) is 4.74 Å². The molecule has 1 fully saturated rings. The zero-order valence-corrected chi connectivity index (χ0v) is 12.3. The highest BCUT2D eigenvalue weighted by atomic mass is 79.9. The van der Waals surface area contributed by atoms with Crippen LogP contribution in [0.15, 0.2) is 28.7 Å². The van der Waals surface area contributed by atoms with Crippen molar-refractivity contribution in [3.05, 3.63) is 34.3 Å². The van der Waals surface area contributed by atoms with Crippen LogP contribution in [0.25, 0.3) is 0 Å². The normalized spacial score (nSPS) is 15.7. The highest BCUT2D eigenvalue weighted by Gasteiger charge is 2.32. The minimum Gasteiger partial charge on any atom is -0.467 e. The van der Waals surface area contributed by atoms with Gasteiger partial charge in [0.15, 0.2) is 0 Å². The summed E-state index contributed by atoms with van der Waals surface area (Å²) in [5.74, 6) is -0.381. The van der Waals surface area contributed by atoms with Crippen molar-refractivity contribution in [1.82, 2.24) is 5.32 Å². The number of hydrogen-bond donors (Lipinski definition) is 1. The summed E-state index contributed by atoms with van der Waals surface area (Å²) < 4.78 is 5.70. The Labute approximate surface area is 120 Å². The average molecular weight is 326 g/mol. The highest BCUT2D eigenvalue weighted by Crippen LogP contribution is 2.29. The van der Waals surface area contributed by atoms with E-state index in [0.717, 1.165) is 22.9 Å². The lowest BCUT2D eigenvalue weighted by Crippen LogP contribution is -2.43. The molecule has 4 nitrogen and oxygen atoms in total. The smallest absolute Gasteiger partial charge is 0.328 e. The summed E-state index contributed by atoms with van der Waals surface area (Å²) >= 11 is 3.39. The Morgan fingerprint density at radius 1 is 1.47 bits per heavy atom. The Bertz CT molecular complexity index is 485. The third kappa shape index (κ3) is 4.06. The first kappa shape index (κ1) is 14.1. The molecule has 0 aromatic heterocycles. The Kier molecular flexibility index (Phi) is 4.58. The lowest BCUT2D eigenvalue weighted by atomic mass is 10.1. The fourth-order valence-corrected chi connectivity index (χ4v) is 2.32. The Morgan fingerprint density at radius 2 is 2.21 bits per heavy atom. The van der Waals surface area contributed by atoms with E-state index in [1.165, 1.54) is 7.11 Å². The monoisotopic (exact) mass is 325 g/mol. The molecule has 0 saturated heterocycles. The van der Waals surface area contributed by atoms with E-state index in [1.54, 1.807) is 0 Å². The molecule has 19 heavy (non-hydrogen) atoms. The third-order valence-corrected chi connectivity index (χ3v) is 3.57. The molecule has 0 unspecified atom stereocenters. The number of esters is 1. The van der Waals surface area contributed by atoms with Gasteiger partial charge in [-0.1, -0.05) is 28.1 Å². The molecule has 0 heterocycles. The van der Waals surface area contributed by atoms with Crippen LogP contribution in [0.4, 0.5) is 0 Å². The number of nitrogens with one attached hydrogen (secondary N) is 1. The van der Waals surface area contributed by atoms with Crippen molar-refractivity contribution in [3.8, 4) is 0 Å². The summed E-state index contributed by atoms with van der Waals surface area (Å²) in [5, 5.41) is 2.77. The molecule has 1 aromatic carbocycles. The van der Waals surface area contributed by atoms with Gasteiger partial charge < -0.3 is 10.1 Å². The summed E-state index contributed by atoms with van der Waals surface area (Å²) in [6.45, 7) is 0. The van der Waals surface area contributed by atoms with Crippen molar-refractivity contribution in [2.45, 2.75) is 25.3 Å². The quantitative estimate of drug-likeness (QED) is 0.843. The molecule has 1 N–H and O–H groups in total. The van der Waals surface area contributed by atoms with Gasteiger partial charge in [-0.2, -0.15) is 0 Å². The first-order chi connectivity index (χ1) is 9.10. The molecular weight excluding hydrogens is 310 g/mol. The fraction of sp³-hybridized carbons (Fsp3) is 0.429. The highest BCUT2D eigenvalue weighted by molar-refractivity contribution is 9.10. The number of carbonyl (C=O) groups is 2. The van der Waals surface area contributed by atoms with Crippen LogP contribution in [0.3, 0.4) is 0 Å². The van der Waals surface area contributed by atoms with Crippen LogP contribution in [0.2, 0.25) is 0 Å². The fourth-order valence-electron chi connectivity index (χ4n) is 1.87. The first-order valence-corrected chi connectivity index (χ1v) is 7.02. The standard InChI is InChI=1S/C14H16BrNO3/c1-19-14(18)12(16-13(17)10-5-6-10)8-9-3-2-4-11(15)7-9/h2-4,7,10,12H,5-6,8H2,1H3,(H,16,17)/t12-/m0/s1.